The molecule has 2 heterocycles. The largest absolute Gasteiger partial charge is 0.444 e. The highest BCUT2D eigenvalue weighted by Crippen LogP contribution is 2.23. The highest BCUT2D eigenvalue weighted by molar-refractivity contribution is 5.06. The molecule has 1 fully saturated rings. The number of hydrogen-bond acceptors (Lipinski definition) is 5. The maximum atomic E-state index is 9.09. The molecule has 0 aliphatic carbocycles. The van der Waals surface area contributed by atoms with Gasteiger partial charge in [-0.05, 0) is 0 Å². The second-order valence-electron chi connectivity index (χ2n) is 5.69. The molecule has 1 aliphatic rings. The Morgan fingerprint density at radius 2 is 2.39 bits per heavy atom. The highest BCUT2D eigenvalue weighted by Gasteiger charge is 2.25. The van der Waals surface area contributed by atoms with Crippen LogP contribution in [0.15, 0.2) is 10.6 Å². The van der Waals surface area contributed by atoms with Gasteiger partial charge in [0.2, 0.25) is 5.89 Å². The van der Waals surface area contributed by atoms with Gasteiger partial charge in [-0.15, -0.1) is 0 Å². The van der Waals surface area contributed by atoms with E-state index in [2.05, 4.69) is 42.0 Å². The zero-order valence-electron chi connectivity index (χ0n) is 11.2. The minimum Gasteiger partial charge on any atom is -0.444 e. The van der Waals surface area contributed by atoms with E-state index in [1.807, 2.05) is 0 Å². The van der Waals surface area contributed by atoms with Crippen LogP contribution in [-0.4, -0.2) is 35.6 Å². The van der Waals surface area contributed by atoms with E-state index in [9.17, 15) is 0 Å². The van der Waals surface area contributed by atoms with E-state index in [0.717, 1.165) is 18.8 Å². The minimum atomic E-state index is -0.0938. The third kappa shape index (κ3) is 2.89. The maximum absolute atomic E-state index is 9.09. The fraction of sp³-hybridized carbons (Fsp3) is 0.692. The van der Waals surface area contributed by atoms with Crippen LogP contribution >= 0.6 is 0 Å². The molecule has 1 aromatic rings. The van der Waals surface area contributed by atoms with E-state index >= 15 is 0 Å². The van der Waals surface area contributed by atoms with Crippen molar-refractivity contribution < 1.29 is 4.42 Å². The summed E-state index contributed by atoms with van der Waals surface area (Å²) in [7, 11) is 0. The fourth-order valence-electron chi connectivity index (χ4n) is 1.97. The van der Waals surface area contributed by atoms with Crippen molar-refractivity contribution in [2.45, 2.75) is 38.8 Å². The van der Waals surface area contributed by atoms with Crippen molar-refractivity contribution in [3.05, 3.63) is 17.8 Å². The third-order valence-electron chi connectivity index (χ3n) is 3.13. The van der Waals surface area contributed by atoms with Crippen LogP contribution in [0.3, 0.4) is 0 Å². The minimum absolute atomic E-state index is 0.0245. The molecule has 0 bridgehead atoms. The van der Waals surface area contributed by atoms with Crippen molar-refractivity contribution in [3.63, 3.8) is 0 Å². The van der Waals surface area contributed by atoms with Crippen LogP contribution in [0, 0.1) is 11.3 Å². The monoisotopic (exact) mass is 248 g/mol. The average molecular weight is 248 g/mol. The Morgan fingerprint density at radius 1 is 1.61 bits per heavy atom. The van der Waals surface area contributed by atoms with Gasteiger partial charge in [-0.2, -0.15) is 5.26 Å². The standard InChI is InChI=1S/C13H20N4O/c1-13(2,3)11-8-16-12(18-11)9-17-5-4-15-7-10(17)6-14/h8,10,15H,4-5,7,9H2,1-3H3. The molecule has 1 aromatic heterocycles. The zero-order valence-corrected chi connectivity index (χ0v) is 11.2. The number of nitrogens with one attached hydrogen (secondary N) is 1. The van der Waals surface area contributed by atoms with Crippen molar-refractivity contribution in [1.29, 1.82) is 5.26 Å². The fourth-order valence-corrected chi connectivity index (χ4v) is 1.97. The second-order valence-corrected chi connectivity index (χ2v) is 5.69. The lowest BCUT2D eigenvalue weighted by molar-refractivity contribution is 0.170. The van der Waals surface area contributed by atoms with Gasteiger partial charge in [0.05, 0.1) is 18.8 Å². The molecule has 0 aromatic carbocycles. The van der Waals surface area contributed by atoms with Crippen molar-refractivity contribution in [2.75, 3.05) is 19.6 Å². The molecule has 1 atom stereocenters. The lowest BCUT2D eigenvalue weighted by atomic mass is 9.94. The van der Waals surface area contributed by atoms with Gasteiger partial charge in [-0.3, -0.25) is 4.90 Å². The molecule has 98 valence electrons. The lowest BCUT2D eigenvalue weighted by Gasteiger charge is -2.30. The molecule has 1 aliphatic heterocycles. The van der Waals surface area contributed by atoms with Crippen molar-refractivity contribution in [1.82, 2.24) is 15.2 Å². The maximum Gasteiger partial charge on any atom is 0.208 e. The molecule has 0 spiro atoms. The molecule has 5 heteroatoms. The molecule has 5 nitrogen and oxygen atoms in total. The van der Waals surface area contributed by atoms with Crippen LogP contribution < -0.4 is 5.32 Å². The predicted octanol–water partition coefficient (Wildman–Crippen LogP) is 1.27. The smallest absolute Gasteiger partial charge is 0.208 e. The molecule has 0 radical (unpaired) electrons. The summed E-state index contributed by atoms with van der Waals surface area (Å²) < 4.78 is 5.76. The Hall–Kier alpha value is -1.38. The molecule has 1 unspecified atom stereocenters. The van der Waals surface area contributed by atoms with E-state index < -0.39 is 0 Å². The SMILES string of the molecule is CC(C)(C)c1cnc(CN2CCNCC2C#N)o1. The summed E-state index contributed by atoms with van der Waals surface area (Å²) in [4.78, 5) is 6.41. The van der Waals surface area contributed by atoms with Crippen LogP contribution in [-0.2, 0) is 12.0 Å². The van der Waals surface area contributed by atoms with Gasteiger partial charge in [0, 0.05) is 25.0 Å². The summed E-state index contributed by atoms with van der Waals surface area (Å²) in [6.07, 6.45) is 1.79. The summed E-state index contributed by atoms with van der Waals surface area (Å²) in [5, 5.41) is 12.3. The Morgan fingerprint density at radius 3 is 3.00 bits per heavy atom. The van der Waals surface area contributed by atoms with Gasteiger partial charge in [0.1, 0.15) is 11.8 Å². The summed E-state index contributed by atoms with van der Waals surface area (Å²) in [6.45, 7) is 9.37. The topological polar surface area (TPSA) is 65.1 Å². The first-order chi connectivity index (χ1) is 8.50. The first kappa shape index (κ1) is 13.1. The van der Waals surface area contributed by atoms with Gasteiger partial charge in [0.25, 0.3) is 0 Å². The molecule has 0 amide bonds. The van der Waals surface area contributed by atoms with Gasteiger partial charge in [-0.1, -0.05) is 20.8 Å². The number of oxazole rings is 1. The molecule has 1 saturated heterocycles. The molecule has 0 saturated carbocycles. The van der Waals surface area contributed by atoms with Crippen LogP contribution in [0.2, 0.25) is 0 Å². The van der Waals surface area contributed by atoms with E-state index in [0.29, 0.717) is 19.0 Å². The van der Waals surface area contributed by atoms with Crippen LogP contribution in [0.1, 0.15) is 32.4 Å². The number of piperazine rings is 1. The molecule has 2 rings (SSSR count). The number of rotatable bonds is 2. The Labute approximate surface area is 108 Å². The van der Waals surface area contributed by atoms with Gasteiger partial charge in [-0.25, -0.2) is 4.98 Å². The Bertz CT molecular complexity index is 441. The number of hydrogen-bond donors (Lipinski definition) is 1. The van der Waals surface area contributed by atoms with Gasteiger partial charge < -0.3 is 9.73 Å². The summed E-state index contributed by atoms with van der Waals surface area (Å²) in [5.41, 5.74) is -0.0245. The van der Waals surface area contributed by atoms with E-state index in [1.54, 1.807) is 6.20 Å². The van der Waals surface area contributed by atoms with Gasteiger partial charge in [0.15, 0.2) is 0 Å². The summed E-state index contributed by atoms with van der Waals surface area (Å²) in [6, 6.07) is 2.21. The van der Waals surface area contributed by atoms with Crippen LogP contribution in [0.4, 0.5) is 0 Å². The number of aromatic nitrogens is 1. The summed E-state index contributed by atoms with van der Waals surface area (Å²) in [5.74, 6) is 1.59. The zero-order chi connectivity index (χ0) is 13.2. The summed E-state index contributed by atoms with van der Waals surface area (Å²) >= 11 is 0. The molecular weight excluding hydrogens is 228 g/mol. The number of nitriles is 1. The number of nitrogens with zero attached hydrogens (tertiary/aromatic N) is 3. The predicted molar refractivity (Wildman–Crippen MR) is 67.9 cm³/mol. The molecular formula is C13H20N4O. The normalized spacial score (nSPS) is 21.8. The lowest BCUT2D eigenvalue weighted by Crippen LogP contribution is -2.50. The van der Waals surface area contributed by atoms with E-state index in [1.165, 1.54) is 0 Å². The van der Waals surface area contributed by atoms with E-state index in [-0.39, 0.29) is 11.5 Å². The molecule has 1 N–H and O–H groups in total. The van der Waals surface area contributed by atoms with Crippen molar-refractivity contribution in [2.24, 2.45) is 0 Å². The average Bonchev–Trinajstić information content (AvgIpc) is 2.78. The second kappa shape index (κ2) is 5.09. The van der Waals surface area contributed by atoms with Gasteiger partial charge >= 0.3 is 0 Å². The van der Waals surface area contributed by atoms with Crippen molar-refractivity contribution in [3.8, 4) is 6.07 Å². The quantitative estimate of drug-likeness (QED) is 0.853. The first-order valence-corrected chi connectivity index (χ1v) is 6.30. The Kier molecular flexibility index (Phi) is 3.69. The highest BCUT2D eigenvalue weighted by atomic mass is 16.4. The van der Waals surface area contributed by atoms with Crippen LogP contribution in [0.25, 0.3) is 0 Å². The third-order valence-corrected chi connectivity index (χ3v) is 3.13. The Balaban J connectivity index is 2.05. The van der Waals surface area contributed by atoms with E-state index in [4.69, 9.17) is 9.68 Å². The van der Waals surface area contributed by atoms with Crippen molar-refractivity contribution >= 4 is 0 Å². The molecule has 18 heavy (non-hydrogen) atoms. The first-order valence-electron chi connectivity index (χ1n) is 6.30. The van der Waals surface area contributed by atoms with Crippen LogP contribution in [0.5, 0.6) is 0 Å².